The summed E-state index contributed by atoms with van der Waals surface area (Å²) in [6.45, 7) is 4.47. The Morgan fingerprint density at radius 1 is 1.38 bits per heavy atom. The fraction of sp³-hybridized carbons (Fsp3) is 0.500. The van der Waals surface area contributed by atoms with Crippen molar-refractivity contribution in [2.75, 3.05) is 11.9 Å². The van der Waals surface area contributed by atoms with Gasteiger partial charge in [-0.1, -0.05) is 32.0 Å². The molecule has 0 fully saturated rings. The second-order valence-corrected chi connectivity index (χ2v) is 4.87. The van der Waals surface area contributed by atoms with Crippen LogP contribution in [0.5, 0.6) is 0 Å². The first-order valence-electron chi connectivity index (χ1n) is 5.85. The van der Waals surface area contributed by atoms with Crippen molar-refractivity contribution in [3.63, 3.8) is 0 Å². The third-order valence-corrected chi connectivity index (χ3v) is 3.57. The van der Waals surface area contributed by atoms with E-state index < -0.39 is 0 Å². The maximum absolute atomic E-state index is 8.97. The fourth-order valence-electron chi connectivity index (χ4n) is 2.98. The Bertz CT molecular complexity index is 417. The monoisotopic (exact) mass is 214 g/mol. The van der Waals surface area contributed by atoms with Gasteiger partial charge in [0.25, 0.3) is 0 Å². The number of nitriles is 1. The summed E-state index contributed by atoms with van der Waals surface area (Å²) in [5.74, 6) is 0.932. The predicted molar refractivity (Wildman–Crippen MR) is 66.4 cm³/mol. The molecule has 0 N–H and O–H groups in total. The van der Waals surface area contributed by atoms with E-state index in [-0.39, 0.29) is 0 Å². The molecule has 0 aromatic heterocycles. The lowest BCUT2D eigenvalue weighted by atomic mass is 9.86. The van der Waals surface area contributed by atoms with E-state index >= 15 is 0 Å². The first-order valence-corrected chi connectivity index (χ1v) is 5.85. The molecule has 84 valence electrons. The van der Waals surface area contributed by atoms with Crippen molar-refractivity contribution in [1.82, 2.24) is 0 Å². The molecule has 1 aliphatic heterocycles. The Hall–Kier alpha value is -1.49. The number of para-hydroxylation sites is 1. The van der Waals surface area contributed by atoms with E-state index in [4.69, 9.17) is 5.26 Å². The lowest BCUT2D eigenvalue weighted by molar-refractivity contribution is 0.427. The van der Waals surface area contributed by atoms with Crippen molar-refractivity contribution in [1.29, 1.82) is 5.26 Å². The summed E-state index contributed by atoms with van der Waals surface area (Å²) in [6, 6.07) is 11.2. The maximum Gasteiger partial charge on any atom is 0.0629 e. The summed E-state index contributed by atoms with van der Waals surface area (Å²) in [5.41, 5.74) is 2.63. The van der Waals surface area contributed by atoms with E-state index in [9.17, 15) is 0 Å². The van der Waals surface area contributed by atoms with Gasteiger partial charge in [0.15, 0.2) is 0 Å². The molecule has 0 saturated carbocycles. The van der Waals surface area contributed by atoms with E-state index in [1.54, 1.807) is 0 Å². The van der Waals surface area contributed by atoms with Crippen LogP contribution in [0.2, 0.25) is 0 Å². The van der Waals surface area contributed by atoms with Crippen molar-refractivity contribution < 1.29 is 0 Å². The zero-order valence-electron chi connectivity index (χ0n) is 10.1. The predicted octanol–water partition coefficient (Wildman–Crippen LogP) is 3.16. The van der Waals surface area contributed by atoms with E-state index in [1.165, 1.54) is 11.3 Å². The number of fused-ring (bicyclic) bond motifs is 1. The van der Waals surface area contributed by atoms with Gasteiger partial charge in [-0.25, -0.2) is 0 Å². The molecule has 0 spiro atoms. The van der Waals surface area contributed by atoms with Gasteiger partial charge in [-0.3, -0.25) is 0 Å². The molecule has 0 amide bonds. The number of rotatable bonds is 2. The third-order valence-electron chi connectivity index (χ3n) is 3.57. The van der Waals surface area contributed by atoms with Crippen LogP contribution >= 0.6 is 0 Å². The second-order valence-electron chi connectivity index (χ2n) is 4.87. The zero-order valence-corrected chi connectivity index (χ0v) is 10.1. The Labute approximate surface area is 97.5 Å². The lowest BCUT2D eigenvalue weighted by Gasteiger charge is -2.29. The maximum atomic E-state index is 8.97. The summed E-state index contributed by atoms with van der Waals surface area (Å²) in [4.78, 5) is 2.34. The number of hydrogen-bond donors (Lipinski definition) is 0. The molecule has 2 rings (SSSR count). The molecular weight excluding hydrogens is 196 g/mol. The fourth-order valence-corrected chi connectivity index (χ4v) is 2.98. The summed E-state index contributed by atoms with van der Waals surface area (Å²) in [5, 5.41) is 8.97. The Kier molecular flexibility index (Phi) is 2.87. The molecule has 2 heteroatoms. The molecule has 16 heavy (non-hydrogen) atoms. The molecule has 0 bridgehead atoms. The highest BCUT2D eigenvalue weighted by molar-refractivity contribution is 5.61. The molecule has 1 heterocycles. The van der Waals surface area contributed by atoms with Crippen molar-refractivity contribution in [2.45, 2.75) is 32.2 Å². The van der Waals surface area contributed by atoms with Crippen molar-refractivity contribution in [3.05, 3.63) is 29.8 Å². The van der Waals surface area contributed by atoms with E-state index in [2.05, 4.69) is 56.1 Å². The molecule has 1 aromatic rings. The first-order chi connectivity index (χ1) is 7.66. The Balaban J connectivity index is 2.44. The largest absolute Gasteiger partial charge is 0.370 e. The van der Waals surface area contributed by atoms with Gasteiger partial charge in [-0.2, -0.15) is 5.26 Å². The quantitative estimate of drug-likeness (QED) is 0.756. The third kappa shape index (κ3) is 1.57. The Morgan fingerprint density at radius 3 is 2.69 bits per heavy atom. The topological polar surface area (TPSA) is 27.0 Å². The van der Waals surface area contributed by atoms with Crippen LogP contribution in [0.1, 0.15) is 31.7 Å². The van der Waals surface area contributed by atoms with Crippen molar-refractivity contribution in [2.24, 2.45) is 5.92 Å². The van der Waals surface area contributed by atoms with Crippen LogP contribution in [0.15, 0.2) is 24.3 Å². The SMILES string of the molecule is CC(C)[C@@H]1[C@H](CC#N)c2ccccc2N1C. The molecule has 2 atom stereocenters. The van der Waals surface area contributed by atoms with E-state index in [0.717, 1.165) is 0 Å². The van der Waals surface area contributed by atoms with Crippen LogP contribution in [0.4, 0.5) is 5.69 Å². The van der Waals surface area contributed by atoms with Crippen LogP contribution in [-0.2, 0) is 0 Å². The molecule has 0 unspecified atom stereocenters. The van der Waals surface area contributed by atoms with Crippen LogP contribution in [-0.4, -0.2) is 13.1 Å². The number of benzene rings is 1. The van der Waals surface area contributed by atoms with Gasteiger partial charge in [0.2, 0.25) is 0 Å². The van der Waals surface area contributed by atoms with Crippen molar-refractivity contribution >= 4 is 5.69 Å². The standard InChI is InChI=1S/C14H18N2/c1-10(2)14-12(8-9-15)11-6-4-5-7-13(11)16(14)3/h4-7,10,12,14H,8H2,1-3H3/t12-,14-/m1/s1. The molecular formula is C14H18N2. The minimum atomic E-state index is 0.367. The highest BCUT2D eigenvalue weighted by atomic mass is 15.2. The van der Waals surface area contributed by atoms with Crippen LogP contribution in [0, 0.1) is 17.2 Å². The van der Waals surface area contributed by atoms with Crippen LogP contribution in [0.25, 0.3) is 0 Å². The van der Waals surface area contributed by atoms with Crippen molar-refractivity contribution in [3.8, 4) is 6.07 Å². The van der Waals surface area contributed by atoms with Gasteiger partial charge in [0, 0.05) is 31.1 Å². The first kappa shape index (κ1) is 11.0. The highest BCUT2D eigenvalue weighted by Crippen LogP contribution is 2.44. The van der Waals surface area contributed by atoms with Gasteiger partial charge >= 0.3 is 0 Å². The van der Waals surface area contributed by atoms with Gasteiger partial charge in [-0.15, -0.1) is 0 Å². The summed E-state index contributed by atoms with van der Waals surface area (Å²) in [7, 11) is 2.14. The normalized spacial score (nSPS) is 23.3. The molecule has 0 saturated heterocycles. The van der Waals surface area contributed by atoms with E-state index in [1.807, 2.05) is 0 Å². The molecule has 1 aromatic carbocycles. The highest BCUT2D eigenvalue weighted by Gasteiger charge is 2.37. The van der Waals surface area contributed by atoms with Crippen LogP contribution < -0.4 is 4.90 Å². The number of hydrogen-bond acceptors (Lipinski definition) is 2. The summed E-state index contributed by atoms with van der Waals surface area (Å²) in [6.07, 6.45) is 0.615. The lowest BCUT2D eigenvalue weighted by Crippen LogP contribution is -2.35. The minimum absolute atomic E-state index is 0.367. The average molecular weight is 214 g/mol. The molecule has 1 aliphatic rings. The van der Waals surface area contributed by atoms with Crippen LogP contribution in [0.3, 0.4) is 0 Å². The number of nitrogens with zero attached hydrogens (tertiary/aromatic N) is 2. The van der Waals surface area contributed by atoms with Gasteiger partial charge in [-0.05, 0) is 17.5 Å². The number of anilines is 1. The molecule has 2 nitrogen and oxygen atoms in total. The number of likely N-dealkylation sites (N-methyl/N-ethyl adjacent to an activating group) is 1. The van der Waals surface area contributed by atoms with Gasteiger partial charge in [0.1, 0.15) is 0 Å². The summed E-state index contributed by atoms with van der Waals surface area (Å²) >= 11 is 0. The second kappa shape index (κ2) is 4.17. The van der Waals surface area contributed by atoms with E-state index in [0.29, 0.717) is 24.3 Å². The zero-order chi connectivity index (χ0) is 11.7. The van der Waals surface area contributed by atoms with Gasteiger partial charge < -0.3 is 4.90 Å². The smallest absolute Gasteiger partial charge is 0.0629 e. The molecule has 0 aliphatic carbocycles. The minimum Gasteiger partial charge on any atom is -0.370 e. The summed E-state index contributed by atoms with van der Waals surface area (Å²) < 4.78 is 0. The Morgan fingerprint density at radius 2 is 2.06 bits per heavy atom. The molecule has 0 radical (unpaired) electrons. The average Bonchev–Trinajstić information content (AvgIpc) is 2.54. The van der Waals surface area contributed by atoms with Gasteiger partial charge in [0.05, 0.1) is 6.07 Å².